The van der Waals surface area contributed by atoms with Gasteiger partial charge >= 0.3 is 0 Å². The Hall–Kier alpha value is -0.440. The molecule has 10 heavy (non-hydrogen) atoms. The summed E-state index contributed by atoms with van der Waals surface area (Å²) in [5.74, 6) is 2.17. The molecule has 0 saturated carbocycles. The van der Waals surface area contributed by atoms with Crippen LogP contribution in [0.25, 0.3) is 0 Å². The van der Waals surface area contributed by atoms with Gasteiger partial charge in [-0.05, 0) is 12.7 Å². The first-order valence-electron chi connectivity index (χ1n) is 3.36. The summed E-state index contributed by atoms with van der Waals surface area (Å²) >= 11 is 1.78. The van der Waals surface area contributed by atoms with Gasteiger partial charge in [0.05, 0.1) is 0 Å². The summed E-state index contributed by atoms with van der Waals surface area (Å²) in [5.41, 5.74) is 0. The minimum Gasteiger partial charge on any atom is -0.337 e. The van der Waals surface area contributed by atoms with E-state index in [4.69, 9.17) is 0 Å². The van der Waals surface area contributed by atoms with Gasteiger partial charge in [-0.25, -0.2) is 4.98 Å². The predicted octanol–water partition coefficient (Wildman–Crippen LogP) is 1.84. The maximum atomic E-state index is 4.33. The van der Waals surface area contributed by atoms with Gasteiger partial charge in [-0.2, -0.15) is 0 Å². The molecule has 0 aliphatic rings. The van der Waals surface area contributed by atoms with Crippen molar-refractivity contribution in [1.82, 2.24) is 9.55 Å². The normalized spacial score (nSPS) is 10.3. The minimum absolute atomic E-state index is 1.08. The van der Waals surface area contributed by atoms with Crippen molar-refractivity contribution in [3.05, 3.63) is 12.0 Å². The third kappa shape index (κ3) is 1.53. The van der Waals surface area contributed by atoms with Crippen LogP contribution < -0.4 is 0 Å². The van der Waals surface area contributed by atoms with E-state index in [1.807, 2.05) is 18.5 Å². The lowest BCUT2D eigenvalue weighted by Crippen LogP contribution is -1.86. The summed E-state index contributed by atoms with van der Waals surface area (Å²) in [6, 6.07) is 0. The topological polar surface area (TPSA) is 17.8 Å². The zero-order chi connectivity index (χ0) is 7.56. The summed E-state index contributed by atoms with van der Waals surface area (Å²) in [6.07, 6.45) is 2.06. The summed E-state index contributed by atoms with van der Waals surface area (Å²) in [5, 5.41) is 1.13. The second-order valence-corrected chi connectivity index (χ2v) is 3.45. The third-order valence-corrected chi connectivity index (χ3v) is 2.16. The van der Waals surface area contributed by atoms with Crippen LogP contribution >= 0.6 is 11.8 Å². The lowest BCUT2D eigenvalue weighted by Gasteiger charge is -1.87. The Morgan fingerprint density at radius 1 is 1.70 bits per heavy atom. The largest absolute Gasteiger partial charge is 0.337 e. The van der Waals surface area contributed by atoms with Crippen molar-refractivity contribution in [3.63, 3.8) is 0 Å². The van der Waals surface area contributed by atoms with Crippen molar-refractivity contribution < 1.29 is 0 Å². The van der Waals surface area contributed by atoms with Gasteiger partial charge in [0.2, 0.25) is 0 Å². The molecule has 0 amide bonds. The van der Waals surface area contributed by atoms with Gasteiger partial charge in [0, 0.05) is 13.2 Å². The minimum atomic E-state index is 1.08. The average molecular weight is 156 g/mol. The fraction of sp³-hybridized carbons (Fsp3) is 0.571. The Morgan fingerprint density at radius 2 is 2.40 bits per heavy atom. The molecule has 0 unspecified atom stereocenters. The Bertz CT molecular complexity index is 198. The zero-order valence-electron chi connectivity index (χ0n) is 6.59. The molecule has 0 saturated heterocycles. The molecular formula is C7H12N2S. The lowest BCUT2D eigenvalue weighted by atomic mass is 10.7. The Balaban J connectivity index is 2.77. The maximum Gasteiger partial charge on any atom is 0.114 e. The maximum absolute atomic E-state index is 4.33. The molecule has 2 nitrogen and oxygen atoms in total. The Morgan fingerprint density at radius 3 is 2.80 bits per heavy atom. The number of nitrogens with zero attached hydrogens (tertiary/aromatic N) is 2. The van der Waals surface area contributed by atoms with Gasteiger partial charge in [-0.3, -0.25) is 0 Å². The monoisotopic (exact) mass is 156 g/mol. The fourth-order valence-electron chi connectivity index (χ4n) is 0.744. The van der Waals surface area contributed by atoms with E-state index < -0.39 is 0 Å². The molecule has 0 radical (unpaired) electrons. The van der Waals surface area contributed by atoms with Gasteiger partial charge < -0.3 is 4.57 Å². The van der Waals surface area contributed by atoms with Crippen molar-refractivity contribution in [1.29, 1.82) is 0 Å². The second kappa shape index (κ2) is 3.10. The lowest BCUT2D eigenvalue weighted by molar-refractivity contribution is 0.858. The summed E-state index contributed by atoms with van der Waals surface area (Å²) in [6.45, 7) is 4.15. The van der Waals surface area contributed by atoms with Crippen molar-refractivity contribution in [2.45, 2.75) is 18.9 Å². The van der Waals surface area contributed by atoms with Crippen molar-refractivity contribution in [3.8, 4) is 0 Å². The van der Waals surface area contributed by atoms with E-state index >= 15 is 0 Å². The van der Waals surface area contributed by atoms with Gasteiger partial charge in [-0.15, -0.1) is 11.8 Å². The first kappa shape index (κ1) is 7.66. The first-order chi connectivity index (χ1) is 4.74. The van der Waals surface area contributed by atoms with Crippen LogP contribution in [0, 0.1) is 6.92 Å². The second-order valence-electron chi connectivity index (χ2n) is 2.17. The molecule has 1 rings (SSSR count). The number of aromatic nitrogens is 2. The highest BCUT2D eigenvalue weighted by molar-refractivity contribution is 7.99. The number of thioether (sulfide) groups is 1. The van der Waals surface area contributed by atoms with Crippen molar-refractivity contribution in [2.75, 3.05) is 5.75 Å². The number of rotatable bonds is 2. The van der Waals surface area contributed by atoms with Crippen LogP contribution in [-0.4, -0.2) is 15.3 Å². The van der Waals surface area contributed by atoms with E-state index in [1.54, 1.807) is 11.8 Å². The Kier molecular flexibility index (Phi) is 2.38. The van der Waals surface area contributed by atoms with E-state index in [-0.39, 0.29) is 0 Å². The molecular weight excluding hydrogens is 144 g/mol. The van der Waals surface area contributed by atoms with Crippen LogP contribution in [-0.2, 0) is 7.05 Å². The van der Waals surface area contributed by atoms with Gasteiger partial charge in [0.1, 0.15) is 10.9 Å². The first-order valence-corrected chi connectivity index (χ1v) is 4.35. The quantitative estimate of drug-likeness (QED) is 0.608. The highest BCUT2D eigenvalue weighted by Gasteiger charge is 1.98. The van der Waals surface area contributed by atoms with Crippen LogP contribution in [0.1, 0.15) is 12.7 Å². The molecule has 56 valence electrons. The summed E-state index contributed by atoms with van der Waals surface area (Å²) in [7, 11) is 2.02. The number of hydrogen-bond acceptors (Lipinski definition) is 2. The number of imidazole rings is 1. The van der Waals surface area contributed by atoms with E-state index in [0.29, 0.717) is 0 Å². The molecule has 0 aliphatic carbocycles. The highest BCUT2D eigenvalue weighted by atomic mass is 32.2. The van der Waals surface area contributed by atoms with Gasteiger partial charge in [-0.1, -0.05) is 6.92 Å². The molecule has 0 atom stereocenters. The summed E-state index contributed by atoms with van der Waals surface area (Å²) in [4.78, 5) is 4.33. The van der Waals surface area contributed by atoms with Crippen molar-refractivity contribution in [2.24, 2.45) is 7.05 Å². The van der Waals surface area contributed by atoms with Gasteiger partial charge in [0.15, 0.2) is 0 Å². The average Bonchev–Trinajstić information content (AvgIpc) is 2.14. The summed E-state index contributed by atoms with van der Waals surface area (Å²) < 4.78 is 2.04. The SMILES string of the molecule is CCSc1cn(C)c(C)n1. The molecule has 3 heteroatoms. The zero-order valence-corrected chi connectivity index (χ0v) is 7.40. The van der Waals surface area contributed by atoms with E-state index in [9.17, 15) is 0 Å². The molecule has 0 N–H and O–H groups in total. The van der Waals surface area contributed by atoms with E-state index in [2.05, 4.69) is 18.1 Å². The van der Waals surface area contributed by atoms with Gasteiger partial charge in [0.25, 0.3) is 0 Å². The highest BCUT2D eigenvalue weighted by Crippen LogP contribution is 2.14. The van der Waals surface area contributed by atoms with Crippen LogP contribution in [0.15, 0.2) is 11.2 Å². The molecule has 0 fully saturated rings. The number of hydrogen-bond donors (Lipinski definition) is 0. The Labute approximate surface area is 65.7 Å². The predicted molar refractivity (Wildman–Crippen MR) is 44.3 cm³/mol. The molecule has 1 heterocycles. The van der Waals surface area contributed by atoms with Crippen LogP contribution in [0.2, 0.25) is 0 Å². The van der Waals surface area contributed by atoms with Crippen LogP contribution in [0.4, 0.5) is 0 Å². The third-order valence-electron chi connectivity index (χ3n) is 1.38. The van der Waals surface area contributed by atoms with E-state index in [1.165, 1.54) is 0 Å². The molecule has 0 aromatic carbocycles. The van der Waals surface area contributed by atoms with Crippen LogP contribution in [0.5, 0.6) is 0 Å². The van der Waals surface area contributed by atoms with Crippen LogP contribution in [0.3, 0.4) is 0 Å². The standard InChI is InChI=1S/C7H12N2S/c1-4-10-7-5-9(3)6(2)8-7/h5H,4H2,1-3H3. The molecule has 0 spiro atoms. The fourth-order valence-corrected chi connectivity index (χ4v) is 1.47. The smallest absolute Gasteiger partial charge is 0.114 e. The molecule has 1 aromatic heterocycles. The molecule has 1 aromatic rings. The van der Waals surface area contributed by atoms with Crippen molar-refractivity contribution >= 4 is 11.8 Å². The van der Waals surface area contributed by atoms with E-state index in [0.717, 1.165) is 16.6 Å². The molecule has 0 bridgehead atoms. The molecule has 0 aliphatic heterocycles. The number of aryl methyl sites for hydroxylation is 2.